The molecule has 0 unspecified atom stereocenters. The van der Waals surface area contributed by atoms with Crippen molar-refractivity contribution < 1.29 is 9.53 Å². The van der Waals surface area contributed by atoms with Crippen LogP contribution in [0.3, 0.4) is 0 Å². The van der Waals surface area contributed by atoms with Gasteiger partial charge in [0.25, 0.3) is 0 Å². The molecule has 1 amide bonds. The minimum Gasteiger partial charge on any atom is -0.497 e. The number of H-pyrrole nitrogens is 1. The van der Waals surface area contributed by atoms with E-state index in [0.717, 1.165) is 43.6 Å². The lowest BCUT2D eigenvalue weighted by Gasteiger charge is -2.09. The normalized spacial score (nSPS) is 13.3. The van der Waals surface area contributed by atoms with E-state index in [1.165, 1.54) is 0 Å². The maximum Gasteiger partial charge on any atom is 0.228 e. The Kier molecular flexibility index (Phi) is 2.97. The summed E-state index contributed by atoms with van der Waals surface area (Å²) in [5.74, 6) is 0.704. The molecule has 0 saturated heterocycles. The summed E-state index contributed by atoms with van der Waals surface area (Å²) in [5, 5.41) is 4.03. The van der Waals surface area contributed by atoms with Crippen LogP contribution in [-0.4, -0.2) is 18.0 Å². The van der Waals surface area contributed by atoms with E-state index in [1.54, 1.807) is 7.11 Å². The molecule has 0 aliphatic carbocycles. The third kappa shape index (κ3) is 2.01. The first kappa shape index (κ1) is 13.4. The van der Waals surface area contributed by atoms with Crippen molar-refractivity contribution in [3.63, 3.8) is 0 Å². The number of methoxy groups -OCH3 is 1. The first-order valence-corrected chi connectivity index (χ1v) is 7.73. The molecule has 110 valence electrons. The standard InChI is InChI=1S/C17H13BrN2O2/c1-22-10-3-4-11-15(7-10)19-16(21)8-13-12-6-9(18)2-5-14(12)20-17(11)13/h2-7,20H,8H2,1H3,(H,19,21). The van der Waals surface area contributed by atoms with Gasteiger partial charge in [-0.05, 0) is 35.9 Å². The summed E-state index contributed by atoms with van der Waals surface area (Å²) in [5.41, 5.74) is 4.80. The Morgan fingerprint density at radius 2 is 2.05 bits per heavy atom. The summed E-state index contributed by atoms with van der Waals surface area (Å²) in [7, 11) is 1.62. The van der Waals surface area contributed by atoms with Crippen LogP contribution in [0.25, 0.3) is 22.2 Å². The minimum atomic E-state index is -0.0193. The van der Waals surface area contributed by atoms with E-state index in [-0.39, 0.29) is 5.91 Å². The Hall–Kier alpha value is -2.27. The van der Waals surface area contributed by atoms with E-state index < -0.39 is 0 Å². The highest BCUT2D eigenvalue weighted by atomic mass is 79.9. The molecule has 0 fully saturated rings. The smallest absolute Gasteiger partial charge is 0.228 e. The zero-order valence-electron chi connectivity index (χ0n) is 11.9. The molecule has 1 aromatic heterocycles. The molecule has 1 aliphatic heterocycles. The number of benzene rings is 2. The zero-order valence-corrected chi connectivity index (χ0v) is 13.5. The van der Waals surface area contributed by atoms with E-state index in [4.69, 9.17) is 4.74 Å². The van der Waals surface area contributed by atoms with Crippen molar-refractivity contribution in [3.8, 4) is 17.0 Å². The number of nitrogens with one attached hydrogen (secondary N) is 2. The summed E-state index contributed by atoms with van der Waals surface area (Å²) in [4.78, 5) is 15.7. The van der Waals surface area contributed by atoms with Crippen molar-refractivity contribution in [2.45, 2.75) is 6.42 Å². The highest BCUT2D eigenvalue weighted by Gasteiger charge is 2.23. The van der Waals surface area contributed by atoms with Gasteiger partial charge in [-0.1, -0.05) is 15.9 Å². The summed E-state index contributed by atoms with van der Waals surface area (Å²) in [6, 6.07) is 11.8. The number of rotatable bonds is 1. The van der Waals surface area contributed by atoms with Gasteiger partial charge in [-0.3, -0.25) is 4.79 Å². The number of anilines is 1. The van der Waals surface area contributed by atoms with Gasteiger partial charge in [0.05, 0.1) is 24.9 Å². The first-order chi connectivity index (χ1) is 10.7. The van der Waals surface area contributed by atoms with Gasteiger partial charge in [-0.15, -0.1) is 0 Å². The topological polar surface area (TPSA) is 54.1 Å². The Balaban J connectivity index is 2.03. The molecule has 5 heteroatoms. The Bertz CT molecular complexity index is 914. The van der Waals surface area contributed by atoms with Gasteiger partial charge in [0.1, 0.15) is 5.75 Å². The molecule has 4 rings (SSSR count). The van der Waals surface area contributed by atoms with Gasteiger partial charge in [0.2, 0.25) is 5.91 Å². The monoisotopic (exact) mass is 356 g/mol. The number of fused-ring (bicyclic) bond motifs is 5. The van der Waals surface area contributed by atoms with Crippen molar-refractivity contribution in [1.29, 1.82) is 0 Å². The van der Waals surface area contributed by atoms with E-state index in [0.29, 0.717) is 6.42 Å². The Labute approximate surface area is 135 Å². The molecule has 22 heavy (non-hydrogen) atoms. The summed E-state index contributed by atoms with van der Waals surface area (Å²) in [6.45, 7) is 0. The molecule has 4 nitrogen and oxygen atoms in total. The first-order valence-electron chi connectivity index (χ1n) is 6.94. The average Bonchev–Trinajstić information content (AvgIpc) is 2.78. The third-order valence-electron chi connectivity index (χ3n) is 3.98. The second-order valence-corrected chi connectivity index (χ2v) is 6.22. The van der Waals surface area contributed by atoms with Crippen LogP contribution in [0.5, 0.6) is 5.75 Å². The Morgan fingerprint density at radius 1 is 1.18 bits per heavy atom. The number of halogens is 1. The lowest BCUT2D eigenvalue weighted by Crippen LogP contribution is -2.12. The number of hydrogen-bond donors (Lipinski definition) is 2. The average molecular weight is 357 g/mol. The van der Waals surface area contributed by atoms with Crippen LogP contribution in [-0.2, 0) is 11.2 Å². The molecule has 0 radical (unpaired) electrons. The molecule has 2 N–H and O–H groups in total. The van der Waals surface area contributed by atoms with E-state index in [1.807, 2.05) is 36.4 Å². The van der Waals surface area contributed by atoms with Crippen LogP contribution in [0.2, 0.25) is 0 Å². The fourth-order valence-corrected chi connectivity index (χ4v) is 3.32. The molecular formula is C17H13BrN2O2. The van der Waals surface area contributed by atoms with E-state index >= 15 is 0 Å². The van der Waals surface area contributed by atoms with Crippen molar-refractivity contribution in [3.05, 3.63) is 46.4 Å². The van der Waals surface area contributed by atoms with Crippen LogP contribution in [0.15, 0.2) is 40.9 Å². The fourth-order valence-electron chi connectivity index (χ4n) is 2.96. The Morgan fingerprint density at radius 3 is 2.86 bits per heavy atom. The molecule has 0 spiro atoms. The molecule has 2 aromatic carbocycles. The second-order valence-electron chi connectivity index (χ2n) is 5.30. The van der Waals surface area contributed by atoms with Crippen molar-refractivity contribution >= 4 is 38.4 Å². The fraction of sp³-hybridized carbons (Fsp3) is 0.118. The number of aromatic amines is 1. The molecule has 2 heterocycles. The number of carbonyl (C=O) groups is 1. The largest absolute Gasteiger partial charge is 0.497 e. The van der Waals surface area contributed by atoms with E-state index in [9.17, 15) is 4.79 Å². The number of carbonyl (C=O) groups excluding carboxylic acids is 1. The quantitative estimate of drug-likeness (QED) is 0.689. The molecule has 0 atom stereocenters. The maximum atomic E-state index is 12.3. The van der Waals surface area contributed by atoms with Gasteiger partial charge >= 0.3 is 0 Å². The van der Waals surface area contributed by atoms with Gasteiger partial charge in [0.15, 0.2) is 0 Å². The van der Waals surface area contributed by atoms with E-state index in [2.05, 4.69) is 26.2 Å². The third-order valence-corrected chi connectivity index (χ3v) is 4.47. The number of amides is 1. The summed E-state index contributed by atoms with van der Waals surface area (Å²) < 4.78 is 6.25. The van der Waals surface area contributed by atoms with Crippen LogP contribution in [0, 0.1) is 0 Å². The van der Waals surface area contributed by atoms with Crippen LogP contribution in [0.1, 0.15) is 5.56 Å². The van der Waals surface area contributed by atoms with Crippen molar-refractivity contribution in [2.75, 3.05) is 12.4 Å². The lowest BCUT2D eigenvalue weighted by molar-refractivity contribution is -0.115. The maximum absolute atomic E-state index is 12.3. The zero-order chi connectivity index (χ0) is 15.3. The van der Waals surface area contributed by atoms with Crippen LogP contribution < -0.4 is 10.1 Å². The highest BCUT2D eigenvalue weighted by Crippen LogP contribution is 2.39. The highest BCUT2D eigenvalue weighted by molar-refractivity contribution is 9.10. The van der Waals surface area contributed by atoms with Gasteiger partial charge in [-0.2, -0.15) is 0 Å². The molecule has 3 aromatic rings. The predicted octanol–water partition coefficient (Wildman–Crippen LogP) is 4.10. The minimum absolute atomic E-state index is 0.0193. The van der Waals surface area contributed by atoms with Crippen LogP contribution in [0.4, 0.5) is 5.69 Å². The van der Waals surface area contributed by atoms with Crippen molar-refractivity contribution in [1.82, 2.24) is 4.98 Å². The van der Waals surface area contributed by atoms with Gasteiger partial charge < -0.3 is 15.0 Å². The molecule has 1 aliphatic rings. The van der Waals surface area contributed by atoms with Gasteiger partial charge in [-0.25, -0.2) is 0 Å². The van der Waals surface area contributed by atoms with Crippen molar-refractivity contribution in [2.24, 2.45) is 0 Å². The second kappa shape index (κ2) is 4.88. The van der Waals surface area contributed by atoms with Crippen LogP contribution >= 0.6 is 15.9 Å². The molecular weight excluding hydrogens is 344 g/mol. The SMILES string of the molecule is COc1ccc2c(c1)NC(=O)Cc1c-2[nH]c2ccc(Br)cc12. The summed E-state index contributed by atoms with van der Waals surface area (Å²) >= 11 is 3.50. The van der Waals surface area contributed by atoms with Gasteiger partial charge in [0, 0.05) is 27.0 Å². The number of aromatic nitrogens is 1. The number of ether oxygens (including phenoxy) is 1. The number of hydrogen-bond acceptors (Lipinski definition) is 2. The summed E-state index contributed by atoms with van der Waals surface area (Å²) in [6.07, 6.45) is 0.350. The lowest BCUT2D eigenvalue weighted by atomic mass is 10.0. The molecule has 0 bridgehead atoms. The predicted molar refractivity (Wildman–Crippen MR) is 90.3 cm³/mol. The molecule has 0 saturated carbocycles.